The van der Waals surface area contributed by atoms with Crippen LogP contribution in [0.25, 0.3) is 33.3 Å². The van der Waals surface area contributed by atoms with Crippen LogP contribution in [0.1, 0.15) is 22.4 Å². The van der Waals surface area contributed by atoms with Crippen molar-refractivity contribution >= 4 is 33.3 Å². The molecule has 2 nitrogen and oxygen atoms in total. The molecule has 0 N–H and O–H groups in total. The molecule has 0 saturated heterocycles. The Balaban J connectivity index is 1.71. The molecule has 0 saturated carbocycles. The third kappa shape index (κ3) is 3.36. The first-order chi connectivity index (χ1) is 15.7. The third-order valence-corrected chi connectivity index (χ3v) is 6.05. The molecule has 154 valence electrons. The maximum Gasteiger partial charge on any atom is 0.128 e. The molecule has 32 heavy (non-hydrogen) atoms. The molecule has 0 bridgehead atoms. The number of benzene rings is 4. The average Bonchev–Trinajstić information content (AvgIpc) is 3.09. The lowest BCUT2D eigenvalue weighted by Crippen LogP contribution is -2.03. The standard InChI is InChI=1S/C29H21FN2/c1-20-27(17-23(18-31)25-14-8-11-21-9-2-4-12-24(21)25)26-13-5-7-16-29(26)32(20)19-22-10-3-6-15-28(22)30/h2-17H,19H2,1H3/b23-17+. The van der Waals surface area contributed by atoms with Gasteiger partial charge >= 0.3 is 0 Å². The second kappa shape index (κ2) is 8.17. The number of nitrogens with zero attached hydrogens (tertiary/aromatic N) is 2. The van der Waals surface area contributed by atoms with Crippen molar-refractivity contribution in [3.63, 3.8) is 0 Å². The highest BCUT2D eigenvalue weighted by Gasteiger charge is 2.15. The van der Waals surface area contributed by atoms with Crippen molar-refractivity contribution in [1.82, 2.24) is 4.57 Å². The van der Waals surface area contributed by atoms with Crippen LogP contribution in [0.5, 0.6) is 0 Å². The summed E-state index contributed by atoms with van der Waals surface area (Å²) >= 11 is 0. The minimum atomic E-state index is -0.213. The van der Waals surface area contributed by atoms with Crippen LogP contribution in [0.4, 0.5) is 4.39 Å². The van der Waals surface area contributed by atoms with E-state index in [1.54, 1.807) is 6.07 Å². The lowest BCUT2D eigenvalue weighted by molar-refractivity contribution is 0.600. The SMILES string of the molecule is Cc1c(/C=C(\C#N)c2cccc3ccccc23)c2ccccc2n1Cc1ccccc1F. The summed E-state index contributed by atoms with van der Waals surface area (Å²) in [7, 11) is 0. The van der Waals surface area contributed by atoms with E-state index in [-0.39, 0.29) is 5.82 Å². The van der Waals surface area contributed by atoms with Crippen molar-refractivity contribution in [3.05, 3.63) is 119 Å². The molecule has 0 unspecified atom stereocenters. The van der Waals surface area contributed by atoms with Crippen LogP contribution in [0.2, 0.25) is 0 Å². The van der Waals surface area contributed by atoms with Gasteiger partial charge in [-0.05, 0) is 35.9 Å². The fraction of sp³-hybridized carbons (Fsp3) is 0.0690. The van der Waals surface area contributed by atoms with E-state index in [9.17, 15) is 9.65 Å². The first kappa shape index (κ1) is 19.8. The molecular formula is C29H21FN2. The molecule has 0 spiro atoms. The predicted molar refractivity (Wildman–Crippen MR) is 130 cm³/mol. The topological polar surface area (TPSA) is 28.7 Å². The van der Waals surface area contributed by atoms with Gasteiger partial charge in [-0.1, -0.05) is 78.9 Å². The minimum absolute atomic E-state index is 0.213. The zero-order chi connectivity index (χ0) is 22.1. The number of fused-ring (bicyclic) bond motifs is 2. The van der Waals surface area contributed by atoms with Gasteiger partial charge in [-0.3, -0.25) is 0 Å². The van der Waals surface area contributed by atoms with Gasteiger partial charge in [0.15, 0.2) is 0 Å². The summed E-state index contributed by atoms with van der Waals surface area (Å²) in [6.07, 6.45) is 1.97. The molecule has 4 aromatic carbocycles. The Morgan fingerprint density at radius 3 is 2.38 bits per heavy atom. The molecule has 0 aliphatic heterocycles. The molecule has 0 amide bonds. The van der Waals surface area contributed by atoms with Gasteiger partial charge in [0.25, 0.3) is 0 Å². The normalized spacial score (nSPS) is 11.7. The van der Waals surface area contributed by atoms with Crippen molar-refractivity contribution in [1.29, 1.82) is 5.26 Å². The molecule has 3 heteroatoms. The third-order valence-electron chi connectivity index (χ3n) is 6.05. The quantitative estimate of drug-likeness (QED) is 0.281. The Labute approximate surface area is 186 Å². The lowest BCUT2D eigenvalue weighted by atomic mass is 9.97. The smallest absolute Gasteiger partial charge is 0.128 e. The predicted octanol–water partition coefficient (Wildman–Crippen LogP) is 7.35. The Hall–Kier alpha value is -4.16. The van der Waals surface area contributed by atoms with Crippen LogP contribution in [0.15, 0.2) is 91.0 Å². The number of allylic oxidation sites excluding steroid dienone is 1. The summed E-state index contributed by atoms with van der Waals surface area (Å²) in [4.78, 5) is 0. The summed E-state index contributed by atoms with van der Waals surface area (Å²) in [5.41, 5.74) is 5.18. The van der Waals surface area contributed by atoms with E-state index >= 15 is 0 Å². The maximum absolute atomic E-state index is 14.4. The van der Waals surface area contributed by atoms with Gasteiger partial charge < -0.3 is 4.57 Å². The number of rotatable bonds is 4. The zero-order valence-electron chi connectivity index (χ0n) is 17.7. The molecular weight excluding hydrogens is 395 g/mol. The summed E-state index contributed by atoms with van der Waals surface area (Å²) in [6.45, 7) is 2.47. The Bertz CT molecular complexity index is 1530. The van der Waals surface area contributed by atoms with Gasteiger partial charge in [-0.25, -0.2) is 4.39 Å². The van der Waals surface area contributed by atoms with Crippen LogP contribution in [-0.2, 0) is 6.54 Å². The van der Waals surface area contributed by atoms with Crippen molar-refractivity contribution in [2.45, 2.75) is 13.5 Å². The number of aromatic nitrogens is 1. The highest BCUT2D eigenvalue weighted by Crippen LogP contribution is 2.32. The summed E-state index contributed by atoms with van der Waals surface area (Å²) in [5.74, 6) is -0.213. The van der Waals surface area contributed by atoms with E-state index in [1.807, 2.05) is 73.7 Å². The van der Waals surface area contributed by atoms with Gasteiger partial charge in [0.05, 0.1) is 18.2 Å². The van der Waals surface area contributed by atoms with Crippen molar-refractivity contribution < 1.29 is 4.39 Å². The minimum Gasteiger partial charge on any atom is -0.340 e. The number of halogens is 1. The van der Waals surface area contributed by atoms with Crippen LogP contribution in [0.3, 0.4) is 0 Å². The first-order valence-electron chi connectivity index (χ1n) is 10.6. The second-order valence-corrected chi connectivity index (χ2v) is 7.89. The largest absolute Gasteiger partial charge is 0.340 e. The van der Waals surface area contributed by atoms with Crippen LogP contribution in [-0.4, -0.2) is 4.57 Å². The van der Waals surface area contributed by atoms with E-state index in [0.29, 0.717) is 17.7 Å². The van der Waals surface area contributed by atoms with Gasteiger partial charge in [0.2, 0.25) is 0 Å². The van der Waals surface area contributed by atoms with E-state index in [4.69, 9.17) is 0 Å². The number of hydrogen-bond donors (Lipinski definition) is 0. The van der Waals surface area contributed by atoms with Crippen LogP contribution < -0.4 is 0 Å². The highest BCUT2D eigenvalue weighted by molar-refractivity contribution is 6.05. The van der Waals surface area contributed by atoms with Crippen LogP contribution >= 0.6 is 0 Å². The van der Waals surface area contributed by atoms with Crippen molar-refractivity contribution in [2.24, 2.45) is 0 Å². The molecule has 1 heterocycles. The number of para-hydroxylation sites is 1. The Kier molecular flexibility index (Phi) is 5.05. The molecule has 1 aromatic heterocycles. The summed E-state index contributed by atoms with van der Waals surface area (Å²) in [5, 5.41) is 13.3. The van der Waals surface area contributed by atoms with Crippen molar-refractivity contribution in [2.75, 3.05) is 0 Å². The average molecular weight is 416 g/mol. The van der Waals surface area contributed by atoms with Crippen molar-refractivity contribution in [3.8, 4) is 6.07 Å². The maximum atomic E-state index is 14.4. The van der Waals surface area contributed by atoms with E-state index in [2.05, 4.69) is 28.8 Å². The Morgan fingerprint density at radius 1 is 0.875 bits per heavy atom. The monoisotopic (exact) mass is 416 g/mol. The van der Waals surface area contributed by atoms with Gasteiger partial charge in [0.1, 0.15) is 5.82 Å². The van der Waals surface area contributed by atoms with E-state index in [1.165, 1.54) is 6.07 Å². The van der Waals surface area contributed by atoms with Crippen LogP contribution in [0, 0.1) is 24.1 Å². The fourth-order valence-corrected chi connectivity index (χ4v) is 4.42. The summed E-state index contributed by atoms with van der Waals surface area (Å²) < 4.78 is 16.5. The van der Waals surface area contributed by atoms with Gasteiger partial charge in [-0.15, -0.1) is 0 Å². The molecule has 0 aliphatic rings. The van der Waals surface area contributed by atoms with Gasteiger partial charge in [-0.2, -0.15) is 5.26 Å². The lowest BCUT2D eigenvalue weighted by Gasteiger charge is -2.10. The molecule has 0 aliphatic carbocycles. The second-order valence-electron chi connectivity index (χ2n) is 7.89. The number of hydrogen-bond acceptors (Lipinski definition) is 1. The highest BCUT2D eigenvalue weighted by atomic mass is 19.1. The molecule has 0 fully saturated rings. The molecule has 0 atom stereocenters. The molecule has 5 rings (SSSR count). The van der Waals surface area contributed by atoms with E-state index in [0.717, 1.165) is 38.5 Å². The van der Waals surface area contributed by atoms with Gasteiger partial charge in [0, 0.05) is 33.3 Å². The summed E-state index contributed by atoms with van der Waals surface area (Å²) in [6, 6.07) is 31.5. The molecule has 5 aromatic rings. The fourth-order valence-electron chi connectivity index (χ4n) is 4.42. The first-order valence-corrected chi connectivity index (χ1v) is 10.6. The molecule has 0 radical (unpaired) electrons. The Morgan fingerprint density at radius 2 is 1.56 bits per heavy atom. The van der Waals surface area contributed by atoms with E-state index < -0.39 is 0 Å². The number of nitriles is 1. The zero-order valence-corrected chi connectivity index (χ0v) is 17.7.